The molecule has 2 N–H and O–H groups in total. The Labute approximate surface area is 146 Å². The Kier molecular flexibility index (Phi) is 6.00. The molecule has 1 aromatic carbocycles. The first-order valence-electron chi connectivity index (χ1n) is 8.66. The van der Waals surface area contributed by atoms with Crippen molar-refractivity contribution < 1.29 is 19.2 Å². The molecule has 0 unspecified atom stereocenters. The van der Waals surface area contributed by atoms with Crippen LogP contribution in [-0.2, 0) is 19.2 Å². The van der Waals surface area contributed by atoms with Crippen LogP contribution in [0.3, 0.4) is 0 Å². The highest BCUT2D eigenvalue weighted by atomic mass is 16.6. The summed E-state index contributed by atoms with van der Waals surface area (Å²) in [5.41, 5.74) is 1.71. The summed E-state index contributed by atoms with van der Waals surface area (Å²) >= 11 is 0. The number of carbonyl (C=O) groups excluding carboxylic acids is 2. The molecular formula is C18H23N3O4. The van der Waals surface area contributed by atoms with Gasteiger partial charge in [-0.15, -0.1) is 0 Å². The molecule has 0 spiro atoms. The smallest absolute Gasteiger partial charge is 0.264 e. The number of hydrogen-bond acceptors (Lipinski definition) is 5. The average molecular weight is 345 g/mol. The van der Waals surface area contributed by atoms with Crippen LogP contribution >= 0.6 is 0 Å². The van der Waals surface area contributed by atoms with Crippen molar-refractivity contribution in [2.75, 3.05) is 19.7 Å². The zero-order valence-electron chi connectivity index (χ0n) is 14.1. The lowest BCUT2D eigenvalue weighted by molar-refractivity contribution is -0.131. The van der Waals surface area contributed by atoms with Crippen molar-refractivity contribution in [3.8, 4) is 0 Å². The van der Waals surface area contributed by atoms with Crippen molar-refractivity contribution in [2.45, 2.75) is 37.9 Å². The molecule has 2 aliphatic rings. The SMILES string of the molecule is O=C(CCNC(=O)[C@H]1CC(c2ccccc2)=NO1)NC[C@@H]1CCCO1. The lowest BCUT2D eigenvalue weighted by Gasteiger charge is -2.12. The Balaban J connectivity index is 1.32. The predicted molar refractivity (Wildman–Crippen MR) is 92.1 cm³/mol. The van der Waals surface area contributed by atoms with E-state index < -0.39 is 6.10 Å². The predicted octanol–water partition coefficient (Wildman–Crippen LogP) is 0.981. The molecule has 1 aromatic rings. The minimum atomic E-state index is -0.634. The number of hydrogen-bond donors (Lipinski definition) is 2. The third-order valence-corrected chi connectivity index (χ3v) is 4.27. The number of ether oxygens (including phenoxy) is 1. The summed E-state index contributed by atoms with van der Waals surface area (Å²) in [7, 11) is 0. The van der Waals surface area contributed by atoms with Crippen LogP contribution in [0.1, 0.15) is 31.2 Å². The number of nitrogens with zero attached hydrogens (tertiary/aromatic N) is 1. The Morgan fingerprint density at radius 1 is 1.20 bits per heavy atom. The van der Waals surface area contributed by atoms with E-state index in [2.05, 4.69) is 15.8 Å². The number of carbonyl (C=O) groups is 2. The van der Waals surface area contributed by atoms with E-state index in [1.54, 1.807) is 0 Å². The van der Waals surface area contributed by atoms with Gasteiger partial charge in [-0.3, -0.25) is 9.59 Å². The summed E-state index contributed by atoms with van der Waals surface area (Å²) in [5.74, 6) is -0.342. The van der Waals surface area contributed by atoms with E-state index in [9.17, 15) is 9.59 Å². The van der Waals surface area contributed by atoms with Gasteiger partial charge in [0.05, 0.1) is 11.8 Å². The Morgan fingerprint density at radius 3 is 2.80 bits per heavy atom. The quantitative estimate of drug-likeness (QED) is 0.771. The molecule has 2 heterocycles. The molecule has 3 rings (SSSR count). The van der Waals surface area contributed by atoms with E-state index in [0.717, 1.165) is 30.7 Å². The number of amides is 2. The van der Waals surface area contributed by atoms with E-state index in [1.807, 2.05) is 30.3 Å². The maximum absolute atomic E-state index is 12.1. The lowest BCUT2D eigenvalue weighted by atomic mass is 10.0. The van der Waals surface area contributed by atoms with Crippen molar-refractivity contribution in [3.63, 3.8) is 0 Å². The van der Waals surface area contributed by atoms with Gasteiger partial charge in [0.2, 0.25) is 12.0 Å². The van der Waals surface area contributed by atoms with Gasteiger partial charge in [0.25, 0.3) is 5.91 Å². The van der Waals surface area contributed by atoms with Crippen molar-refractivity contribution in [2.24, 2.45) is 5.16 Å². The molecule has 0 bridgehead atoms. The zero-order chi connectivity index (χ0) is 17.5. The second-order valence-electron chi connectivity index (χ2n) is 6.18. The fraction of sp³-hybridized carbons (Fsp3) is 0.500. The summed E-state index contributed by atoms with van der Waals surface area (Å²) < 4.78 is 5.45. The fourth-order valence-corrected chi connectivity index (χ4v) is 2.85. The van der Waals surface area contributed by atoms with Crippen LogP contribution in [0.25, 0.3) is 0 Å². The first-order chi connectivity index (χ1) is 12.2. The molecule has 1 fully saturated rings. The van der Waals surface area contributed by atoms with Crippen LogP contribution in [0.15, 0.2) is 35.5 Å². The molecule has 7 nitrogen and oxygen atoms in total. The Bertz CT molecular complexity index is 626. The first kappa shape index (κ1) is 17.4. The second kappa shape index (κ2) is 8.62. The topological polar surface area (TPSA) is 89.0 Å². The molecule has 7 heteroatoms. The molecule has 1 saturated heterocycles. The zero-order valence-corrected chi connectivity index (χ0v) is 14.1. The van der Waals surface area contributed by atoms with Gasteiger partial charge in [0.15, 0.2) is 0 Å². The monoisotopic (exact) mass is 345 g/mol. The van der Waals surface area contributed by atoms with Crippen LogP contribution in [0.4, 0.5) is 0 Å². The molecule has 0 aromatic heterocycles. The van der Waals surface area contributed by atoms with Crippen molar-refractivity contribution in [1.82, 2.24) is 10.6 Å². The average Bonchev–Trinajstić information content (AvgIpc) is 3.32. The standard InChI is InChI=1S/C18H23N3O4/c22-17(20-12-14-7-4-10-24-14)8-9-19-18(23)16-11-15(21-25-16)13-5-2-1-3-6-13/h1-3,5-6,14,16H,4,7-12H2,(H,19,23)(H,20,22)/t14-,16+/m0/s1. The van der Waals surface area contributed by atoms with E-state index >= 15 is 0 Å². The number of oxime groups is 1. The van der Waals surface area contributed by atoms with Crippen LogP contribution in [0.2, 0.25) is 0 Å². The van der Waals surface area contributed by atoms with Gasteiger partial charge in [0.1, 0.15) is 0 Å². The molecule has 2 amide bonds. The van der Waals surface area contributed by atoms with Crippen LogP contribution in [0.5, 0.6) is 0 Å². The maximum atomic E-state index is 12.1. The maximum Gasteiger partial charge on any atom is 0.264 e. The molecule has 2 aliphatic heterocycles. The van der Waals surface area contributed by atoms with Crippen LogP contribution in [0, 0.1) is 0 Å². The summed E-state index contributed by atoms with van der Waals surface area (Å²) in [6.07, 6.45) is 2.19. The summed E-state index contributed by atoms with van der Waals surface area (Å²) in [6, 6.07) is 9.62. The van der Waals surface area contributed by atoms with Gasteiger partial charge >= 0.3 is 0 Å². The summed E-state index contributed by atoms with van der Waals surface area (Å²) in [6.45, 7) is 1.58. The van der Waals surface area contributed by atoms with Gasteiger partial charge in [-0.25, -0.2) is 0 Å². The highest BCUT2D eigenvalue weighted by Crippen LogP contribution is 2.16. The van der Waals surface area contributed by atoms with Crippen molar-refractivity contribution >= 4 is 17.5 Å². The van der Waals surface area contributed by atoms with E-state index in [4.69, 9.17) is 9.57 Å². The highest BCUT2D eigenvalue weighted by Gasteiger charge is 2.28. The highest BCUT2D eigenvalue weighted by molar-refractivity contribution is 6.04. The number of nitrogens with one attached hydrogen (secondary N) is 2. The van der Waals surface area contributed by atoms with Crippen LogP contribution < -0.4 is 10.6 Å². The van der Waals surface area contributed by atoms with Crippen molar-refractivity contribution in [3.05, 3.63) is 35.9 Å². The molecule has 134 valence electrons. The lowest BCUT2D eigenvalue weighted by Crippen LogP contribution is -2.38. The summed E-state index contributed by atoms with van der Waals surface area (Å²) in [5, 5.41) is 9.54. The molecule has 0 saturated carbocycles. The molecule has 25 heavy (non-hydrogen) atoms. The number of benzene rings is 1. The minimum absolute atomic E-state index is 0.0932. The second-order valence-corrected chi connectivity index (χ2v) is 6.18. The van der Waals surface area contributed by atoms with E-state index in [-0.39, 0.29) is 30.9 Å². The molecule has 0 radical (unpaired) electrons. The normalized spacial score (nSPS) is 22.2. The van der Waals surface area contributed by atoms with E-state index in [1.165, 1.54) is 0 Å². The first-order valence-corrected chi connectivity index (χ1v) is 8.66. The van der Waals surface area contributed by atoms with Gasteiger partial charge < -0.3 is 20.2 Å². The summed E-state index contributed by atoms with van der Waals surface area (Å²) in [4.78, 5) is 29.1. The van der Waals surface area contributed by atoms with Crippen molar-refractivity contribution in [1.29, 1.82) is 0 Å². The Morgan fingerprint density at radius 2 is 2.04 bits per heavy atom. The van der Waals surface area contributed by atoms with Gasteiger partial charge in [-0.2, -0.15) is 0 Å². The van der Waals surface area contributed by atoms with Gasteiger partial charge in [0, 0.05) is 32.5 Å². The Hall–Kier alpha value is -2.41. The molecule has 2 atom stereocenters. The molecule has 0 aliphatic carbocycles. The minimum Gasteiger partial charge on any atom is -0.382 e. The third kappa shape index (κ3) is 5.03. The van der Waals surface area contributed by atoms with Gasteiger partial charge in [-0.1, -0.05) is 35.5 Å². The van der Waals surface area contributed by atoms with Crippen LogP contribution in [-0.4, -0.2) is 49.4 Å². The fourth-order valence-electron chi connectivity index (χ4n) is 2.85. The van der Waals surface area contributed by atoms with Gasteiger partial charge in [-0.05, 0) is 18.4 Å². The third-order valence-electron chi connectivity index (χ3n) is 4.27. The molecular weight excluding hydrogens is 322 g/mol. The largest absolute Gasteiger partial charge is 0.382 e. The number of rotatable bonds is 7. The van der Waals surface area contributed by atoms with E-state index in [0.29, 0.717) is 13.0 Å².